The number of thiazole rings is 1. The molecule has 0 radical (unpaired) electrons. The number of benzene rings is 1. The van der Waals surface area contributed by atoms with Crippen molar-refractivity contribution in [2.24, 2.45) is 0 Å². The fraction of sp³-hybridized carbons (Fsp3) is 0.476. The molecule has 0 bridgehead atoms. The van der Waals surface area contributed by atoms with Crippen LogP contribution in [0.1, 0.15) is 49.1 Å². The van der Waals surface area contributed by atoms with E-state index in [0.29, 0.717) is 30.5 Å². The van der Waals surface area contributed by atoms with E-state index in [1.165, 1.54) is 16.2 Å². The highest BCUT2D eigenvalue weighted by Gasteiger charge is 2.33. The molecular weight excluding hydrogens is 390 g/mol. The molecule has 0 aliphatic carbocycles. The lowest BCUT2D eigenvalue weighted by Gasteiger charge is -2.20. The van der Waals surface area contributed by atoms with Gasteiger partial charge in [0.2, 0.25) is 11.8 Å². The Morgan fingerprint density at radius 3 is 2.86 bits per heavy atom. The summed E-state index contributed by atoms with van der Waals surface area (Å²) >= 11 is 1.41. The molecule has 1 N–H and O–H groups in total. The Morgan fingerprint density at radius 2 is 2.24 bits per heavy atom. The van der Waals surface area contributed by atoms with Gasteiger partial charge in [-0.1, -0.05) is 12.1 Å². The van der Waals surface area contributed by atoms with Gasteiger partial charge in [0.1, 0.15) is 12.3 Å². The zero-order chi connectivity index (χ0) is 21.1. The number of amides is 2. The van der Waals surface area contributed by atoms with Crippen molar-refractivity contribution in [3.63, 3.8) is 0 Å². The minimum Gasteiger partial charge on any atom is -0.493 e. The van der Waals surface area contributed by atoms with Gasteiger partial charge in [-0.25, -0.2) is 4.98 Å². The van der Waals surface area contributed by atoms with Crippen LogP contribution in [0, 0.1) is 6.92 Å². The summed E-state index contributed by atoms with van der Waals surface area (Å²) in [5.74, 6) is 0.434. The Hall–Kier alpha value is -2.45. The van der Waals surface area contributed by atoms with Gasteiger partial charge in [-0.05, 0) is 32.4 Å². The van der Waals surface area contributed by atoms with Crippen LogP contribution < -0.4 is 9.64 Å². The lowest BCUT2D eigenvalue weighted by Crippen LogP contribution is -2.39. The van der Waals surface area contributed by atoms with Crippen LogP contribution in [-0.4, -0.2) is 53.5 Å². The molecule has 0 spiro atoms. The number of aromatic nitrogens is 1. The molecule has 0 saturated carbocycles. The third kappa shape index (κ3) is 4.76. The van der Waals surface area contributed by atoms with Crippen LogP contribution in [0.15, 0.2) is 23.6 Å². The van der Waals surface area contributed by atoms with Crippen LogP contribution in [0.4, 0.5) is 5.13 Å². The number of likely N-dealkylation sites (tertiary alicyclic amines) is 1. The SMILES string of the molecule is CCOc1cc([C@@H]2CC(=O)N(CC(=O)N(C)c3nc(C)cs3)C2)ccc1C(C)O. The number of nitrogens with zero attached hydrogens (tertiary/aromatic N) is 3. The minimum absolute atomic E-state index is 0.00929. The van der Waals surface area contributed by atoms with Gasteiger partial charge >= 0.3 is 0 Å². The zero-order valence-corrected chi connectivity index (χ0v) is 18.0. The molecule has 1 fully saturated rings. The number of hydrogen-bond acceptors (Lipinski definition) is 6. The first-order valence-corrected chi connectivity index (χ1v) is 10.6. The Morgan fingerprint density at radius 1 is 1.48 bits per heavy atom. The Balaban J connectivity index is 1.70. The lowest BCUT2D eigenvalue weighted by molar-refractivity contribution is -0.132. The summed E-state index contributed by atoms with van der Waals surface area (Å²) in [6, 6.07) is 5.68. The maximum absolute atomic E-state index is 12.6. The number of aliphatic hydroxyl groups excluding tert-OH is 1. The van der Waals surface area contributed by atoms with E-state index < -0.39 is 6.10 Å². The third-order valence-electron chi connectivity index (χ3n) is 5.07. The number of likely N-dealkylation sites (N-methyl/N-ethyl adjacent to an activating group) is 1. The van der Waals surface area contributed by atoms with E-state index in [4.69, 9.17) is 4.74 Å². The third-order valence-corrected chi connectivity index (χ3v) is 6.10. The Kier molecular flexibility index (Phi) is 6.54. The molecule has 3 rings (SSSR count). The summed E-state index contributed by atoms with van der Waals surface area (Å²) < 4.78 is 5.67. The summed E-state index contributed by atoms with van der Waals surface area (Å²) in [6.45, 7) is 6.49. The molecular formula is C21H27N3O4S. The average molecular weight is 418 g/mol. The van der Waals surface area contributed by atoms with Gasteiger partial charge in [-0.3, -0.25) is 14.5 Å². The molecule has 2 heterocycles. The van der Waals surface area contributed by atoms with E-state index in [9.17, 15) is 14.7 Å². The van der Waals surface area contributed by atoms with Crippen molar-refractivity contribution in [2.75, 3.05) is 31.6 Å². The van der Waals surface area contributed by atoms with Gasteiger partial charge in [0, 0.05) is 36.9 Å². The smallest absolute Gasteiger partial charge is 0.248 e. The molecule has 2 atom stereocenters. The van der Waals surface area contributed by atoms with Crippen LogP contribution in [0.3, 0.4) is 0 Å². The first-order valence-electron chi connectivity index (χ1n) is 9.71. The monoisotopic (exact) mass is 417 g/mol. The van der Waals surface area contributed by atoms with Gasteiger partial charge in [-0.15, -0.1) is 11.3 Å². The summed E-state index contributed by atoms with van der Waals surface area (Å²) in [7, 11) is 1.68. The summed E-state index contributed by atoms with van der Waals surface area (Å²) in [5, 5.41) is 12.5. The largest absolute Gasteiger partial charge is 0.493 e. The number of rotatable bonds is 7. The number of hydrogen-bond donors (Lipinski definition) is 1. The van der Waals surface area contributed by atoms with Crippen molar-refractivity contribution in [2.45, 2.75) is 39.2 Å². The topological polar surface area (TPSA) is 83.0 Å². The maximum Gasteiger partial charge on any atom is 0.248 e. The molecule has 1 aliphatic rings. The highest BCUT2D eigenvalue weighted by atomic mass is 32.1. The van der Waals surface area contributed by atoms with Crippen LogP contribution in [0.5, 0.6) is 5.75 Å². The predicted molar refractivity (Wildman–Crippen MR) is 112 cm³/mol. The van der Waals surface area contributed by atoms with Crippen molar-refractivity contribution in [1.82, 2.24) is 9.88 Å². The van der Waals surface area contributed by atoms with Gasteiger partial charge in [-0.2, -0.15) is 0 Å². The van der Waals surface area contributed by atoms with Crippen molar-refractivity contribution in [1.29, 1.82) is 0 Å². The van der Waals surface area contributed by atoms with E-state index in [0.717, 1.165) is 16.8 Å². The number of aliphatic hydroxyl groups is 1. The first-order chi connectivity index (χ1) is 13.8. The molecule has 1 aliphatic heterocycles. The number of aryl methyl sites for hydroxylation is 1. The zero-order valence-electron chi connectivity index (χ0n) is 17.2. The minimum atomic E-state index is -0.630. The van der Waals surface area contributed by atoms with E-state index in [1.807, 2.05) is 37.4 Å². The summed E-state index contributed by atoms with van der Waals surface area (Å²) in [4.78, 5) is 32.6. The Bertz CT molecular complexity index is 896. The first kappa shape index (κ1) is 21.3. The van der Waals surface area contributed by atoms with Gasteiger partial charge in [0.05, 0.1) is 18.4 Å². The van der Waals surface area contributed by atoms with E-state index in [1.54, 1.807) is 18.9 Å². The fourth-order valence-electron chi connectivity index (χ4n) is 3.45. The van der Waals surface area contributed by atoms with E-state index >= 15 is 0 Å². The van der Waals surface area contributed by atoms with Crippen molar-refractivity contribution in [3.8, 4) is 5.75 Å². The van der Waals surface area contributed by atoms with Crippen molar-refractivity contribution < 1.29 is 19.4 Å². The molecule has 1 aromatic carbocycles. The highest BCUT2D eigenvalue weighted by molar-refractivity contribution is 7.14. The van der Waals surface area contributed by atoms with Gasteiger partial charge in [0.15, 0.2) is 5.13 Å². The van der Waals surface area contributed by atoms with Crippen LogP contribution in [0.2, 0.25) is 0 Å². The van der Waals surface area contributed by atoms with Gasteiger partial charge < -0.3 is 14.7 Å². The second kappa shape index (κ2) is 8.92. The van der Waals surface area contributed by atoms with Crippen molar-refractivity contribution in [3.05, 3.63) is 40.4 Å². The number of ether oxygens (including phenoxy) is 1. The fourth-order valence-corrected chi connectivity index (χ4v) is 4.24. The van der Waals surface area contributed by atoms with E-state index in [-0.39, 0.29) is 24.3 Å². The molecule has 2 amide bonds. The molecule has 1 aromatic heterocycles. The lowest BCUT2D eigenvalue weighted by atomic mass is 9.95. The normalized spacial score (nSPS) is 17.5. The predicted octanol–water partition coefficient (Wildman–Crippen LogP) is 2.88. The van der Waals surface area contributed by atoms with Crippen LogP contribution in [-0.2, 0) is 9.59 Å². The van der Waals surface area contributed by atoms with Crippen molar-refractivity contribution >= 4 is 28.3 Å². The summed E-state index contributed by atoms with van der Waals surface area (Å²) in [6.07, 6.45) is -0.276. The molecule has 29 heavy (non-hydrogen) atoms. The maximum atomic E-state index is 12.6. The Labute approximate surface area is 174 Å². The number of carbonyl (C=O) groups is 2. The van der Waals surface area contributed by atoms with Crippen LogP contribution >= 0.6 is 11.3 Å². The van der Waals surface area contributed by atoms with Crippen LogP contribution in [0.25, 0.3) is 0 Å². The second-order valence-corrected chi connectivity index (χ2v) is 8.14. The van der Waals surface area contributed by atoms with Gasteiger partial charge in [0.25, 0.3) is 0 Å². The standard InChI is InChI=1S/C21H27N3O4S/c1-5-28-18-8-15(6-7-17(18)14(3)25)16-9-19(26)24(10-16)11-20(27)23(4)21-22-13(2)12-29-21/h6-8,12,14,16,25H,5,9-11H2,1-4H3/t14?,16-/m1/s1. The average Bonchev–Trinajstić information content (AvgIpc) is 3.27. The highest BCUT2D eigenvalue weighted by Crippen LogP contribution is 2.34. The molecule has 1 unspecified atom stereocenters. The molecule has 1 saturated heterocycles. The quantitative estimate of drug-likeness (QED) is 0.749. The van der Waals surface area contributed by atoms with E-state index in [2.05, 4.69) is 4.98 Å². The molecule has 7 nitrogen and oxygen atoms in total. The molecule has 8 heteroatoms. The number of carbonyl (C=O) groups excluding carboxylic acids is 2. The molecule has 156 valence electrons. The molecule has 2 aromatic rings. The second-order valence-electron chi connectivity index (χ2n) is 7.31. The summed E-state index contributed by atoms with van der Waals surface area (Å²) in [5.41, 5.74) is 2.57. The number of anilines is 1.